The number of amides is 4. The minimum absolute atomic E-state index is 0.0435. The van der Waals surface area contributed by atoms with Gasteiger partial charge in [-0.05, 0) is 50.8 Å². The van der Waals surface area contributed by atoms with E-state index in [2.05, 4.69) is 44.5 Å². The van der Waals surface area contributed by atoms with E-state index in [-0.39, 0.29) is 38.9 Å². The Bertz CT molecular complexity index is 3080. The summed E-state index contributed by atoms with van der Waals surface area (Å²) in [5.74, 6) is -1.10. The zero-order valence-corrected chi connectivity index (χ0v) is 58.1. The molecule has 580 valence electrons. The largest absolute Gasteiger partial charge is 0.445 e. The molecule has 7 saturated heterocycles. The van der Waals surface area contributed by atoms with Crippen LogP contribution in [0.25, 0.3) is 0 Å². The van der Waals surface area contributed by atoms with Crippen LogP contribution >= 0.6 is 0 Å². The number of likely N-dealkylation sites (N-methyl/N-ethyl adjacent to an activating group) is 2. The third-order valence-corrected chi connectivity index (χ3v) is 19.9. The number of aliphatic hydroxyl groups excluding tert-OH is 11. The Balaban J connectivity index is 0.000000244. The number of benzene rings is 2. The molecule has 9 fully saturated rings. The predicted octanol–water partition coefficient (Wildman–Crippen LogP) is -9.80. The van der Waals surface area contributed by atoms with Gasteiger partial charge in [0.2, 0.25) is 5.91 Å². The predicted molar refractivity (Wildman–Crippen MR) is 362 cm³/mol. The number of hydrogen-bond donors (Lipinski definition) is 20. The molecule has 6 radical (unpaired) electrons. The Morgan fingerprint density at radius 2 is 1.08 bits per heavy atom. The van der Waals surface area contributed by atoms with Gasteiger partial charge in [-0.1, -0.05) is 67.6 Å². The van der Waals surface area contributed by atoms with Crippen molar-refractivity contribution in [3.8, 4) is 0 Å². The van der Waals surface area contributed by atoms with Crippen LogP contribution in [0.15, 0.2) is 60.7 Å². The van der Waals surface area contributed by atoms with Gasteiger partial charge in [0, 0.05) is 54.6 Å². The molecular weight excluding hydrogens is 1390 g/mol. The summed E-state index contributed by atoms with van der Waals surface area (Å²) in [6.07, 6.45) is -33.0. The Kier molecular flexibility index (Phi) is 30.0. The number of carbonyl (C=O) groups excluding carboxylic acids is 4. The third-order valence-electron chi connectivity index (χ3n) is 19.9. The number of hydrogen-bond acceptors (Lipinski definition) is 34. The van der Waals surface area contributed by atoms with E-state index in [4.69, 9.17) is 90.2 Å². The molecule has 9 aliphatic rings. The first-order valence-corrected chi connectivity index (χ1v) is 34.6. The van der Waals surface area contributed by atoms with Gasteiger partial charge in [0.1, 0.15) is 105 Å². The molecule has 2 aliphatic carbocycles. The SMILES string of the molecule is CC1C[C@@H]2OC(O[C@H]3OC(CO)[C@@H](N)[C@H](O)C3O)C3C(OC(=O)N3C)C2O[C@@H]1O[C@@H]1C(NC(=O)OCc2ccccc2)C[C@@H](NC(=O)OCc2ccccc2)C(O)[C@H]1O.CNC1C(O[C@H]2OC(CO)[C@@H](NC(=O)[C@H](C)N)[C@H](O)C2O)O[C@H]2CC(N)[C@@H](O[C@@H]3C(N)C[C@@H](N)C(O)[C@H]3O)OC2C1O.[B]B([B])[B]. The zero-order chi connectivity index (χ0) is 76.6. The second kappa shape index (κ2) is 37.5. The van der Waals surface area contributed by atoms with Crippen LogP contribution in [0.2, 0.25) is 0 Å². The highest BCUT2D eigenvalue weighted by atomic mass is 16.8. The Labute approximate surface area is 609 Å². The summed E-state index contributed by atoms with van der Waals surface area (Å²) in [6.45, 7) is 1.93. The molecule has 105 heavy (non-hydrogen) atoms. The van der Waals surface area contributed by atoms with E-state index in [9.17, 15) is 75.3 Å². The van der Waals surface area contributed by atoms with Crippen LogP contribution in [0.1, 0.15) is 50.7 Å². The average Bonchev–Trinajstić information content (AvgIpc) is 1.73. The van der Waals surface area contributed by atoms with Crippen molar-refractivity contribution in [3.05, 3.63) is 71.8 Å². The van der Waals surface area contributed by atoms with E-state index in [1.165, 1.54) is 25.9 Å². The minimum atomic E-state index is -1.68. The Morgan fingerprint density at radius 3 is 1.66 bits per heavy atom. The van der Waals surface area contributed by atoms with Gasteiger partial charge in [-0.2, -0.15) is 0 Å². The molecule has 2 aromatic carbocycles. The summed E-state index contributed by atoms with van der Waals surface area (Å²) in [4.78, 5) is 52.3. The monoisotopic (exact) mass is 1490 g/mol. The number of nitrogens with two attached hydrogens (primary N) is 5. The molecule has 0 spiro atoms. The van der Waals surface area contributed by atoms with E-state index in [0.717, 1.165) is 11.1 Å². The minimum Gasteiger partial charge on any atom is -0.445 e. The highest BCUT2D eigenvalue weighted by Crippen LogP contribution is 2.43. The molecule has 25 N–H and O–H groups in total. The van der Waals surface area contributed by atoms with Gasteiger partial charge >= 0.3 is 18.3 Å². The number of alkyl carbamates (subject to hydrolysis) is 2. The van der Waals surface area contributed by atoms with Crippen LogP contribution in [0.3, 0.4) is 0 Å². The van der Waals surface area contributed by atoms with Crippen LogP contribution in [-0.2, 0) is 79.6 Å². The van der Waals surface area contributed by atoms with Crippen LogP contribution in [0.5, 0.6) is 0 Å². The standard InChI is InChI=1S/C39H52N4O16.C24H46N6O12.B4/c1-18-13-23-32(33-26(43(2)39(51)58-33)35(54-23)59-36-30(48)28(46)25(40)24(15-44)55-36)57-34(18)56-31-22(42-38(50)53-17-20-11-7-4-8-12-20)14-21(27(45)29(31)47)41-37(49)52-16-19-9-5-3-6-10-19;1-6(25)21(37)30-12-11(5-31)39-24(18(36)15(12)33)42-23-13(29-2)16(34)20-10(38-23)4-9(28)22(41-20)40-19-8(27)3-7(26)14(32)17(19)35;1-4(2)3/h3-12,18,21-36,44-48H,13-17,40H2,1-2H3,(H,41,49)(H,42,50);6-20,22-24,29,31-36H,3-5,25-28H2,1-2H3,(H,30,37);/t18?,21-,22?,23+,24?,25-,26?,27?,28+,29-,30?,31-,32?,33?,34+,35?,36-;6-,7+,8?,9?,10-,11?,12+,13?,14?,15-,16?,17+,18?,19+,20?,22-,23?,24+;/m10./s1. The van der Waals surface area contributed by atoms with Gasteiger partial charge in [0.15, 0.2) is 43.8 Å². The topological polar surface area (TPSA) is 592 Å². The molecule has 18 unspecified atom stereocenters. The third kappa shape index (κ3) is 20.1. The maximum Gasteiger partial charge on any atom is 0.410 e. The zero-order valence-electron chi connectivity index (χ0n) is 58.1. The first-order chi connectivity index (χ1) is 49.8. The van der Waals surface area contributed by atoms with Crippen molar-refractivity contribution in [3.63, 3.8) is 0 Å². The number of carbonyl (C=O) groups is 4. The number of rotatable bonds is 19. The second-order valence-electron chi connectivity index (χ2n) is 27.6. The van der Waals surface area contributed by atoms with Gasteiger partial charge in [-0.15, -0.1) is 0 Å². The molecule has 2 aromatic rings. The Morgan fingerprint density at radius 1 is 0.552 bits per heavy atom. The lowest BCUT2D eigenvalue weighted by Gasteiger charge is -2.51. The van der Waals surface area contributed by atoms with E-state index in [1.807, 2.05) is 12.1 Å². The molecule has 35 atom stereocenters. The maximum absolute atomic E-state index is 13.2. The van der Waals surface area contributed by atoms with Crippen LogP contribution < -0.4 is 49.9 Å². The van der Waals surface area contributed by atoms with Crippen molar-refractivity contribution in [2.24, 2.45) is 34.6 Å². The van der Waals surface area contributed by atoms with E-state index in [0.29, 0.717) is 0 Å². The summed E-state index contributed by atoms with van der Waals surface area (Å²) in [7, 11) is 17.0. The fourth-order valence-corrected chi connectivity index (χ4v) is 14.1. The molecule has 7 heterocycles. The molecule has 11 rings (SSSR count). The first-order valence-electron chi connectivity index (χ1n) is 34.6. The quantitative estimate of drug-likeness (QED) is 0.0459. The van der Waals surface area contributed by atoms with Gasteiger partial charge in [-0.3, -0.25) is 9.69 Å². The van der Waals surface area contributed by atoms with Crippen molar-refractivity contribution in [1.82, 2.24) is 26.2 Å². The average molecular weight is 1490 g/mol. The maximum atomic E-state index is 13.2. The van der Waals surface area contributed by atoms with Crippen molar-refractivity contribution >= 4 is 53.8 Å². The van der Waals surface area contributed by atoms with Crippen molar-refractivity contribution in [1.29, 1.82) is 0 Å². The first kappa shape index (κ1) is 83.9. The number of fused-ring (bicyclic) bond motifs is 4. The number of ether oxygens (including phenoxy) is 13. The van der Waals surface area contributed by atoms with Gasteiger partial charge < -0.3 is 168 Å². The van der Waals surface area contributed by atoms with Crippen LogP contribution in [0.4, 0.5) is 14.4 Å². The smallest absolute Gasteiger partial charge is 0.410 e. The number of nitrogens with one attached hydrogen (secondary N) is 4. The van der Waals surface area contributed by atoms with E-state index < -0.39 is 258 Å². The molecule has 42 heteroatoms. The summed E-state index contributed by atoms with van der Waals surface area (Å²) < 4.78 is 76.9. The molecule has 4 amide bonds. The highest BCUT2D eigenvalue weighted by molar-refractivity contribution is 7.49. The number of nitrogens with zero attached hydrogens (tertiary/aromatic N) is 1. The van der Waals surface area contributed by atoms with Gasteiger partial charge in [-0.25, -0.2) is 14.4 Å². The van der Waals surface area contributed by atoms with Crippen LogP contribution in [-0.4, -0.2) is 350 Å². The second-order valence-corrected chi connectivity index (χ2v) is 27.6. The molecule has 2 saturated carbocycles. The summed E-state index contributed by atoms with van der Waals surface area (Å²) in [5.41, 5.74) is 31.2. The molecule has 38 nitrogen and oxygen atoms in total. The lowest BCUT2D eigenvalue weighted by Crippen LogP contribution is -2.70. The molecule has 7 aliphatic heterocycles. The molecule has 0 bridgehead atoms. The summed E-state index contributed by atoms with van der Waals surface area (Å²) >= 11 is 0. The summed E-state index contributed by atoms with van der Waals surface area (Å²) in [6, 6.07) is 8.52. The van der Waals surface area contributed by atoms with E-state index >= 15 is 0 Å². The highest BCUT2D eigenvalue weighted by Gasteiger charge is 2.62. The number of aliphatic hydroxyl groups is 11. The van der Waals surface area contributed by atoms with E-state index in [1.54, 1.807) is 55.5 Å². The Hall–Kier alpha value is -5.10. The van der Waals surface area contributed by atoms with Crippen molar-refractivity contribution in [2.45, 2.75) is 261 Å². The lowest BCUT2D eigenvalue weighted by molar-refractivity contribution is -0.375. The fraction of sp³-hybridized carbons (Fsp3) is 0.746. The van der Waals surface area contributed by atoms with Gasteiger partial charge in [0.05, 0.1) is 73.8 Å². The van der Waals surface area contributed by atoms with Crippen LogP contribution in [0, 0.1) is 5.92 Å². The van der Waals surface area contributed by atoms with Crippen molar-refractivity contribution in [2.75, 3.05) is 27.3 Å². The normalized spacial score (nSPS) is 42.5. The fourth-order valence-electron chi connectivity index (χ4n) is 14.1. The van der Waals surface area contributed by atoms with Gasteiger partial charge in [0.25, 0.3) is 0 Å². The summed E-state index contributed by atoms with van der Waals surface area (Å²) in [5, 5.41) is 128. The van der Waals surface area contributed by atoms with Crippen molar-refractivity contribution < 1.29 is 137 Å². The lowest BCUT2D eigenvalue weighted by atomic mass is 9.08. The molecular formula is C63H98B4N10O28. The molecule has 0 aromatic heterocycles.